The van der Waals surface area contributed by atoms with Crippen LogP contribution in [-0.4, -0.2) is 48.3 Å². The molecule has 3 amide bonds. The van der Waals surface area contributed by atoms with Crippen molar-refractivity contribution in [2.24, 2.45) is 5.41 Å². The van der Waals surface area contributed by atoms with Gasteiger partial charge in [0.2, 0.25) is 11.8 Å². The van der Waals surface area contributed by atoms with Crippen LogP contribution in [-0.2, 0) is 9.59 Å². The summed E-state index contributed by atoms with van der Waals surface area (Å²) in [5.41, 5.74) is 0.00793. The molecule has 6 nitrogen and oxygen atoms in total. The summed E-state index contributed by atoms with van der Waals surface area (Å²) in [5.74, 6) is -0.395. The van der Waals surface area contributed by atoms with E-state index in [1.807, 2.05) is 20.8 Å². The number of rotatable bonds is 5. The Morgan fingerprint density at radius 3 is 2.35 bits per heavy atom. The summed E-state index contributed by atoms with van der Waals surface area (Å²) >= 11 is 5.80. The van der Waals surface area contributed by atoms with Gasteiger partial charge >= 0.3 is 0 Å². The van der Waals surface area contributed by atoms with Gasteiger partial charge in [0.15, 0.2) is 0 Å². The van der Waals surface area contributed by atoms with E-state index in [-0.39, 0.29) is 17.7 Å². The first-order valence-electron chi connectivity index (χ1n) is 8.82. The molecule has 7 heteroatoms. The summed E-state index contributed by atoms with van der Waals surface area (Å²) in [4.78, 5) is 38.5. The standard InChI is InChI=1S/C19H26ClN3O3/c1-19(2,3)18(26)23-12-4-5-15(23)17(25)22-11-10-21-16(24)13-6-8-14(20)9-7-13/h6-9,15H,4-5,10-12H2,1-3H3,(H,21,24)(H,22,25). The van der Waals surface area contributed by atoms with Gasteiger partial charge in [0.25, 0.3) is 5.91 Å². The minimum absolute atomic E-state index is 0.00816. The number of likely N-dealkylation sites (tertiary alicyclic amines) is 1. The van der Waals surface area contributed by atoms with Crippen molar-refractivity contribution in [2.75, 3.05) is 19.6 Å². The maximum absolute atomic E-state index is 12.5. The monoisotopic (exact) mass is 379 g/mol. The number of nitrogens with one attached hydrogen (secondary N) is 2. The number of hydrogen-bond donors (Lipinski definition) is 2. The van der Waals surface area contributed by atoms with Crippen LogP contribution in [0.25, 0.3) is 0 Å². The Balaban J connectivity index is 1.78. The predicted octanol–water partition coefficient (Wildman–Crippen LogP) is 2.22. The minimum atomic E-state index is -0.505. The van der Waals surface area contributed by atoms with Gasteiger partial charge in [-0.3, -0.25) is 14.4 Å². The summed E-state index contributed by atoms with van der Waals surface area (Å²) < 4.78 is 0. The molecule has 0 radical (unpaired) electrons. The van der Waals surface area contributed by atoms with E-state index in [9.17, 15) is 14.4 Å². The van der Waals surface area contributed by atoms with Gasteiger partial charge in [-0.1, -0.05) is 32.4 Å². The molecule has 0 aliphatic carbocycles. The van der Waals surface area contributed by atoms with Crippen molar-refractivity contribution in [2.45, 2.75) is 39.7 Å². The quantitative estimate of drug-likeness (QED) is 0.770. The van der Waals surface area contributed by atoms with E-state index in [4.69, 9.17) is 11.6 Å². The molecule has 2 rings (SSSR count). The lowest BCUT2D eigenvalue weighted by Crippen LogP contribution is -2.50. The van der Waals surface area contributed by atoms with Crippen LogP contribution in [0.3, 0.4) is 0 Å². The molecule has 26 heavy (non-hydrogen) atoms. The molecule has 1 aliphatic rings. The van der Waals surface area contributed by atoms with Crippen molar-refractivity contribution < 1.29 is 14.4 Å². The second-order valence-electron chi connectivity index (χ2n) is 7.46. The summed E-state index contributed by atoms with van der Waals surface area (Å²) in [6.45, 7) is 6.81. The fourth-order valence-corrected chi connectivity index (χ4v) is 3.02. The zero-order chi connectivity index (χ0) is 19.3. The molecule has 0 spiro atoms. The van der Waals surface area contributed by atoms with E-state index in [0.29, 0.717) is 36.6 Å². The number of carbonyl (C=O) groups excluding carboxylic acids is 3. The van der Waals surface area contributed by atoms with Gasteiger partial charge < -0.3 is 15.5 Å². The van der Waals surface area contributed by atoms with Gasteiger partial charge in [-0.05, 0) is 37.1 Å². The van der Waals surface area contributed by atoms with Crippen molar-refractivity contribution >= 4 is 29.3 Å². The topological polar surface area (TPSA) is 78.5 Å². The number of nitrogens with zero attached hydrogens (tertiary/aromatic N) is 1. The van der Waals surface area contributed by atoms with Crippen molar-refractivity contribution in [3.63, 3.8) is 0 Å². The highest BCUT2D eigenvalue weighted by atomic mass is 35.5. The van der Waals surface area contributed by atoms with Crippen LogP contribution in [0.15, 0.2) is 24.3 Å². The molecule has 0 bridgehead atoms. The van der Waals surface area contributed by atoms with Gasteiger partial charge in [-0.15, -0.1) is 0 Å². The summed E-state index contributed by atoms with van der Waals surface area (Å²) in [6.07, 6.45) is 1.50. The van der Waals surface area contributed by atoms with Crippen LogP contribution in [0.1, 0.15) is 44.0 Å². The molecule has 2 N–H and O–H groups in total. The number of amides is 3. The second-order valence-corrected chi connectivity index (χ2v) is 7.90. The fourth-order valence-electron chi connectivity index (χ4n) is 2.90. The zero-order valence-corrected chi connectivity index (χ0v) is 16.2. The van der Waals surface area contributed by atoms with Crippen LogP contribution >= 0.6 is 11.6 Å². The Hall–Kier alpha value is -2.08. The Morgan fingerprint density at radius 2 is 1.73 bits per heavy atom. The first-order valence-corrected chi connectivity index (χ1v) is 9.20. The Labute approximate surface area is 159 Å². The molecular formula is C19H26ClN3O3. The zero-order valence-electron chi connectivity index (χ0n) is 15.5. The largest absolute Gasteiger partial charge is 0.353 e. The molecule has 1 unspecified atom stereocenters. The minimum Gasteiger partial charge on any atom is -0.353 e. The molecule has 1 saturated heterocycles. The lowest BCUT2D eigenvalue weighted by atomic mass is 9.94. The lowest BCUT2D eigenvalue weighted by Gasteiger charge is -2.30. The van der Waals surface area contributed by atoms with E-state index < -0.39 is 11.5 Å². The van der Waals surface area contributed by atoms with Crippen molar-refractivity contribution in [1.29, 1.82) is 0 Å². The number of hydrogen-bond acceptors (Lipinski definition) is 3. The molecule has 1 aromatic carbocycles. The second kappa shape index (κ2) is 8.54. The Bertz CT molecular complexity index is 668. The molecule has 1 atom stereocenters. The molecule has 1 aliphatic heterocycles. The molecule has 1 heterocycles. The number of halogens is 1. The van der Waals surface area contributed by atoms with Gasteiger partial charge in [0.1, 0.15) is 6.04 Å². The number of carbonyl (C=O) groups is 3. The molecule has 0 saturated carbocycles. The van der Waals surface area contributed by atoms with Gasteiger partial charge in [0, 0.05) is 35.6 Å². The van der Waals surface area contributed by atoms with E-state index >= 15 is 0 Å². The maximum Gasteiger partial charge on any atom is 0.251 e. The Kier molecular flexibility index (Phi) is 6.64. The smallest absolute Gasteiger partial charge is 0.251 e. The average molecular weight is 380 g/mol. The molecule has 142 valence electrons. The van der Waals surface area contributed by atoms with Crippen LogP contribution in [0, 0.1) is 5.41 Å². The van der Waals surface area contributed by atoms with Crippen molar-refractivity contribution in [1.82, 2.24) is 15.5 Å². The predicted molar refractivity (Wildman–Crippen MR) is 101 cm³/mol. The number of benzene rings is 1. The first-order chi connectivity index (χ1) is 12.2. The first kappa shape index (κ1) is 20.2. The maximum atomic E-state index is 12.5. The highest BCUT2D eigenvalue weighted by Gasteiger charge is 2.38. The lowest BCUT2D eigenvalue weighted by molar-refractivity contribution is -0.144. The fraction of sp³-hybridized carbons (Fsp3) is 0.526. The SMILES string of the molecule is CC(C)(C)C(=O)N1CCCC1C(=O)NCCNC(=O)c1ccc(Cl)cc1. The molecular weight excluding hydrogens is 354 g/mol. The highest BCUT2D eigenvalue weighted by Crippen LogP contribution is 2.25. The Morgan fingerprint density at radius 1 is 1.12 bits per heavy atom. The van der Waals surface area contributed by atoms with E-state index in [2.05, 4.69) is 10.6 Å². The van der Waals surface area contributed by atoms with Crippen LogP contribution in [0.4, 0.5) is 0 Å². The third-order valence-electron chi connectivity index (χ3n) is 4.27. The molecule has 1 fully saturated rings. The van der Waals surface area contributed by atoms with E-state index in [0.717, 1.165) is 6.42 Å². The van der Waals surface area contributed by atoms with Crippen molar-refractivity contribution in [3.05, 3.63) is 34.9 Å². The van der Waals surface area contributed by atoms with Crippen LogP contribution < -0.4 is 10.6 Å². The highest BCUT2D eigenvalue weighted by molar-refractivity contribution is 6.30. The van der Waals surface area contributed by atoms with Crippen LogP contribution in [0.5, 0.6) is 0 Å². The molecule has 1 aromatic rings. The third-order valence-corrected chi connectivity index (χ3v) is 4.53. The summed E-state index contributed by atoms with van der Waals surface area (Å²) in [6, 6.07) is 6.17. The van der Waals surface area contributed by atoms with Crippen molar-refractivity contribution in [3.8, 4) is 0 Å². The van der Waals surface area contributed by atoms with Crippen LogP contribution in [0.2, 0.25) is 5.02 Å². The average Bonchev–Trinajstić information content (AvgIpc) is 3.07. The third kappa shape index (κ3) is 5.21. The molecule has 0 aromatic heterocycles. The van der Waals surface area contributed by atoms with E-state index in [1.165, 1.54) is 0 Å². The van der Waals surface area contributed by atoms with Gasteiger partial charge in [0.05, 0.1) is 0 Å². The van der Waals surface area contributed by atoms with Gasteiger partial charge in [-0.2, -0.15) is 0 Å². The summed E-state index contributed by atoms with van der Waals surface area (Å²) in [7, 11) is 0. The van der Waals surface area contributed by atoms with E-state index in [1.54, 1.807) is 29.2 Å². The van der Waals surface area contributed by atoms with Gasteiger partial charge in [-0.25, -0.2) is 0 Å². The summed E-state index contributed by atoms with van der Waals surface area (Å²) in [5, 5.41) is 6.12. The normalized spacial score (nSPS) is 17.1.